The minimum absolute atomic E-state index is 0.0517. The Hall–Kier alpha value is -1.65. The largest absolute Gasteiger partial charge is 0.439 e. The van der Waals surface area contributed by atoms with E-state index in [0.717, 1.165) is 5.56 Å². The van der Waals surface area contributed by atoms with Crippen LogP contribution in [0.5, 0.6) is 11.6 Å². The molecule has 5 heteroatoms. The number of halogens is 2. The normalized spacial score (nSPS) is 12.2. The van der Waals surface area contributed by atoms with Crippen LogP contribution in [0.1, 0.15) is 18.5 Å². The predicted octanol–water partition coefficient (Wildman–Crippen LogP) is 3.69. The van der Waals surface area contributed by atoms with Crippen molar-refractivity contribution in [2.24, 2.45) is 5.73 Å². The summed E-state index contributed by atoms with van der Waals surface area (Å²) >= 11 is 5.60. The fraction of sp³-hybridized carbons (Fsp3) is 0.154. The van der Waals surface area contributed by atoms with Crippen LogP contribution in [0.3, 0.4) is 0 Å². The monoisotopic (exact) mass is 266 g/mol. The van der Waals surface area contributed by atoms with E-state index in [-0.39, 0.29) is 11.1 Å². The van der Waals surface area contributed by atoms with Crippen molar-refractivity contribution in [2.45, 2.75) is 13.0 Å². The molecule has 0 saturated carbocycles. The third-order valence-corrected chi connectivity index (χ3v) is 2.70. The van der Waals surface area contributed by atoms with Gasteiger partial charge in [-0.1, -0.05) is 17.7 Å². The molecule has 0 aliphatic heterocycles. The molecule has 0 aliphatic carbocycles. The average molecular weight is 267 g/mol. The number of rotatable bonds is 3. The van der Waals surface area contributed by atoms with Gasteiger partial charge in [-0.3, -0.25) is 0 Å². The van der Waals surface area contributed by atoms with Gasteiger partial charge in [0.25, 0.3) is 0 Å². The van der Waals surface area contributed by atoms with Gasteiger partial charge in [-0.05, 0) is 25.1 Å². The molecule has 1 atom stereocenters. The summed E-state index contributed by atoms with van der Waals surface area (Å²) in [4.78, 5) is 4.09. The Balaban J connectivity index is 2.31. The number of hydrogen-bond donors (Lipinski definition) is 1. The van der Waals surface area contributed by atoms with Gasteiger partial charge in [-0.25, -0.2) is 9.37 Å². The lowest BCUT2D eigenvalue weighted by Crippen LogP contribution is -2.07. The number of pyridine rings is 1. The predicted molar refractivity (Wildman–Crippen MR) is 68.3 cm³/mol. The summed E-state index contributed by atoms with van der Waals surface area (Å²) in [6.07, 6.45) is 1.59. The zero-order valence-corrected chi connectivity index (χ0v) is 10.5. The van der Waals surface area contributed by atoms with Crippen LogP contribution in [0.15, 0.2) is 36.5 Å². The molecule has 1 heterocycles. The van der Waals surface area contributed by atoms with E-state index in [9.17, 15) is 4.39 Å². The maximum atomic E-state index is 13.3. The Morgan fingerprint density at radius 3 is 2.83 bits per heavy atom. The topological polar surface area (TPSA) is 48.1 Å². The van der Waals surface area contributed by atoms with Crippen LogP contribution in [-0.2, 0) is 0 Å². The number of aromatic nitrogens is 1. The van der Waals surface area contributed by atoms with Crippen LogP contribution in [0.4, 0.5) is 4.39 Å². The van der Waals surface area contributed by atoms with Gasteiger partial charge in [0, 0.05) is 23.9 Å². The molecule has 0 saturated heterocycles. The van der Waals surface area contributed by atoms with Gasteiger partial charge in [0.2, 0.25) is 5.88 Å². The van der Waals surface area contributed by atoms with Gasteiger partial charge in [0.05, 0.1) is 5.02 Å². The molecule has 2 aromatic rings. The van der Waals surface area contributed by atoms with E-state index >= 15 is 0 Å². The summed E-state index contributed by atoms with van der Waals surface area (Å²) < 4.78 is 18.8. The minimum Gasteiger partial charge on any atom is -0.439 e. The lowest BCUT2D eigenvalue weighted by atomic mass is 10.1. The average Bonchev–Trinajstić information content (AvgIpc) is 2.34. The van der Waals surface area contributed by atoms with Crippen molar-refractivity contribution in [1.29, 1.82) is 0 Å². The van der Waals surface area contributed by atoms with E-state index in [1.54, 1.807) is 18.3 Å². The molecule has 2 rings (SSSR count). The molecule has 94 valence electrons. The number of benzene rings is 1. The van der Waals surface area contributed by atoms with E-state index in [0.29, 0.717) is 11.6 Å². The summed E-state index contributed by atoms with van der Waals surface area (Å²) in [6.45, 7) is 1.83. The zero-order chi connectivity index (χ0) is 13.1. The van der Waals surface area contributed by atoms with E-state index in [2.05, 4.69) is 4.98 Å². The second-order valence-corrected chi connectivity index (χ2v) is 4.27. The summed E-state index contributed by atoms with van der Waals surface area (Å²) in [5.74, 6) is 0.166. The lowest BCUT2D eigenvalue weighted by Gasteiger charge is -2.12. The first-order valence-electron chi connectivity index (χ1n) is 5.41. The summed E-state index contributed by atoms with van der Waals surface area (Å²) in [6, 6.07) is 7.59. The number of nitrogens with two attached hydrogens (primary N) is 1. The van der Waals surface area contributed by atoms with Crippen molar-refractivity contribution in [3.63, 3.8) is 0 Å². The van der Waals surface area contributed by atoms with Crippen molar-refractivity contribution < 1.29 is 9.13 Å². The molecule has 0 spiro atoms. The van der Waals surface area contributed by atoms with Crippen LogP contribution in [0.25, 0.3) is 0 Å². The quantitative estimate of drug-likeness (QED) is 0.922. The SMILES string of the molecule is C[C@H](N)c1cccnc1Oc1ccc(Cl)c(F)c1. The standard InChI is InChI=1S/C13H12ClFN2O/c1-8(16)10-3-2-6-17-13(10)18-9-4-5-11(14)12(15)7-9/h2-8H,16H2,1H3/t8-/m0/s1. The van der Waals surface area contributed by atoms with Crippen molar-refractivity contribution in [3.8, 4) is 11.6 Å². The Kier molecular flexibility index (Phi) is 3.79. The first kappa shape index (κ1) is 12.8. The van der Waals surface area contributed by atoms with Gasteiger partial charge >= 0.3 is 0 Å². The van der Waals surface area contributed by atoms with Crippen LogP contribution >= 0.6 is 11.6 Å². The number of hydrogen-bond acceptors (Lipinski definition) is 3. The first-order valence-corrected chi connectivity index (χ1v) is 5.79. The molecule has 1 aromatic heterocycles. The third kappa shape index (κ3) is 2.78. The van der Waals surface area contributed by atoms with E-state index < -0.39 is 5.82 Å². The highest BCUT2D eigenvalue weighted by Crippen LogP contribution is 2.28. The summed E-state index contributed by atoms with van der Waals surface area (Å²) in [5, 5.41) is 0.0517. The number of nitrogens with zero attached hydrogens (tertiary/aromatic N) is 1. The maximum absolute atomic E-state index is 13.3. The summed E-state index contributed by atoms with van der Waals surface area (Å²) in [5.41, 5.74) is 6.56. The highest BCUT2D eigenvalue weighted by atomic mass is 35.5. The van der Waals surface area contributed by atoms with Crippen LogP contribution in [-0.4, -0.2) is 4.98 Å². The highest BCUT2D eigenvalue weighted by molar-refractivity contribution is 6.30. The van der Waals surface area contributed by atoms with Gasteiger partial charge in [0.1, 0.15) is 11.6 Å². The Labute approximate surface area is 109 Å². The Bertz CT molecular complexity index is 560. The van der Waals surface area contributed by atoms with Crippen molar-refractivity contribution in [1.82, 2.24) is 4.98 Å². The molecule has 3 nitrogen and oxygen atoms in total. The van der Waals surface area contributed by atoms with Gasteiger partial charge in [0.15, 0.2) is 0 Å². The zero-order valence-electron chi connectivity index (χ0n) is 9.73. The Morgan fingerprint density at radius 2 is 2.17 bits per heavy atom. The van der Waals surface area contributed by atoms with E-state index in [1.807, 2.05) is 13.0 Å². The van der Waals surface area contributed by atoms with Crippen molar-refractivity contribution in [3.05, 3.63) is 52.9 Å². The molecular formula is C13H12ClFN2O. The van der Waals surface area contributed by atoms with Gasteiger partial charge < -0.3 is 10.5 Å². The molecule has 0 fully saturated rings. The number of ether oxygens (including phenoxy) is 1. The lowest BCUT2D eigenvalue weighted by molar-refractivity contribution is 0.448. The first-order chi connectivity index (χ1) is 8.58. The van der Waals surface area contributed by atoms with Crippen molar-refractivity contribution in [2.75, 3.05) is 0 Å². The summed E-state index contributed by atoms with van der Waals surface area (Å²) in [7, 11) is 0. The molecule has 0 radical (unpaired) electrons. The minimum atomic E-state index is -0.535. The fourth-order valence-electron chi connectivity index (χ4n) is 1.49. The molecule has 18 heavy (non-hydrogen) atoms. The smallest absolute Gasteiger partial charge is 0.223 e. The van der Waals surface area contributed by atoms with Crippen LogP contribution < -0.4 is 10.5 Å². The third-order valence-electron chi connectivity index (χ3n) is 2.40. The fourth-order valence-corrected chi connectivity index (χ4v) is 1.60. The second-order valence-electron chi connectivity index (χ2n) is 3.86. The Morgan fingerprint density at radius 1 is 1.39 bits per heavy atom. The van der Waals surface area contributed by atoms with Crippen LogP contribution in [0, 0.1) is 5.82 Å². The van der Waals surface area contributed by atoms with E-state index in [4.69, 9.17) is 22.1 Å². The van der Waals surface area contributed by atoms with E-state index in [1.165, 1.54) is 12.1 Å². The van der Waals surface area contributed by atoms with Crippen LogP contribution in [0.2, 0.25) is 5.02 Å². The molecular weight excluding hydrogens is 255 g/mol. The second kappa shape index (κ2) is 5.33. The molecule has 0 amide bonds. The maximum Gasteiger partial charge on any atom is 0.223 e. The molecule has 0 aliphatic rings. The highest BCUT2D eigenvalue weighted by Gasteiger charge is 2.10. The molecule has 1 aromatic carbocycles. The molecule has 0 bridgehead atoms. The van der Waals surface area contributed by atoms with Crippen molar-refractivity contribution >= 4 is 11.6 Å². The van der Waals surface area contributed by atoms with Gasteiger partial charge in [-0.15, -0.1) is 0 Å². The molecule has 2 N–H and O–H groups in total. The van der Waals surface area contributed by atoms with Gasteiger partial charge in [-0.2, -0.15) is 0 Å². The molecule has 0 unspecified atom stereocenters.